The Labute approximate surface area is 260 Å². The van der Waals surface area contributed by atoms with E-state index in [0.29, 0.717) is 22.8 Å². The van der Waals surface area contributed by atoms with E-state index >= 15 is 0 Å². The van der Waals surface area contributed by atoms with E-state index in [2.05, 4.69) is 10.3 Å². The molecule has 1 N–H and O–H groups in total. The molecule has 2 aliphatic heterocycles. The lowest BCUT2D eigenvalue weighted by Crippen LogP contribution is -2.71. The average molecular weight is 637 g/mol. The van der Waals surface area contributed by atoms with Gasteiger partial charge in [0.05, 0.1) is 19.2 Å². The molecule has 0 spiro atoms. The average Bonchev–Trinajstić information content (AvgIpc) is 3.48. The Morgan fingerprint density at radius 1 is 1.11 bits per heavy atom. The monoisotopic (exact) mass is 636 g/mol. The van der Waals surface area contributed by atoms with Gasteiger partial charge in [0.15, 0.2) is 17.3 Å². The van der Waals surface area contributed by atoms with Crippen molar-refractivity contribution in [1.29, 1.82) is 0 Å². The molecule has 3 aromatic rings. The van der Waals surface area contributed by atoms with Crippen LogP contribution >= 0.6 is 23.1 Å². The van der Waals surface area contributed by atoms with Gasteiger partial charge in [0.2, 0.25) is 6.41 Å². The normalized spacial score (nSPS) is 17.4. The number of β-lactam (4-membered cyclic amide) rings is 1. The Hall–Kier alpha value is -4.53. The molecule has 2 aliphatic rings. The number of hydrogen-bond donors (Lipinski definition) is 1. The summed E-state index contributed by atoms with van der Waals surface area (Å²) in [6.45, 7) is 1.05. The van der Waals surface area contributed by atoms with Crippen LogP contribution in [-0.4, -0.2) is 76.0 Å². The molecule has 228 valence electrons. The first-order valence-corrected chi connectivity index (χ1v) is 15.4. The van der Waals surface area contributed by atoms with Crippen molar-refractivity contribution < 1.29 is 38.3 Å². The van der Waals surface area contributed by atoms with E-state index in [1.165, 1.54) is 30.7 Å². The summed E-state index contributed by atoms with van der Waals surface area (Å²) in [5.41, 5.74) is 2.24. The van der Waals surface area contributed by atoms with E-state index in [1.54, 1.807) is 5.38 Å². The lowest BCUT2D eigenvalue weighted by molar-refractivity contribution is -0.208. The molecule has 3 amide bonds. The number of ether oxygens (including phenoxy) is 2. The number of aromatic nitrogens is 1. The van der Waals surface area contributed by atoms with Gasteiger partial charge >= 0.3 is 11.9 Å². The molecule has 44 heavy (non-hydrogen) atoms. The highest BCUT2D eigenvalue weighted by molar-refractivity contribution is 8.00. The zero-order chi connectivity index (χ0) is 31.2. The predicted molar refractivity (Wildman–Crippen MR) is 161 cm³/mol. The van der Waals surface area contributed by atoms with Crippen molar-refractivity contribution in [2.45, 2.75) is 30.9 Å². The van der Waals surface area contributed by atoms with Crippen molar-refractivity contribution in [3.8, 4) is 0 Å². The zero-order valence-electron chi connectivity index (χ0n) is 23.7. The second kappa shape index (κ2) is 13.8. The van der Waals surface area contributed by atoms with Gasteiger partial charge in [0, 0.05) is 23.6 Å². The minimum Gasteiger partial charge on any atom is -0.461 e. The number of hydrogen-bond acceptors (Lipinski definition) is 11. The maximum Gasteiger partial charge on any atom is 0.356 e. The topological polar surface area (TPSA) is 144 Å². The number of carbonyl (C=O) groups excluding carboxylic acids is 5. The van der Waals surface area contributed by atoms with Gasteiger partial charge < -0.3 is 14.8 Å². The van der Waals surface area contributed by atoms with Crippen LogP contribution in [0.3, 0.4) is 0 Å². The molecule has 1 unspecified atom stereocenters. The van der Waals surface area contributed by atoms with Gasteiger partial charge in [-0.3, -0.25) is 28.9 Å². The van der Waals surface area contributed by atoms with Crippen LogP contribution in [0.5, 0.6) is 0 Å². The zero-order valence-corrected chi connectivity index (χ0v) is 25.3. The van der Waals surface area contributed by atoms with Gasteiger partial charge in [-0.15, -0.1) is 23.1 Å². The van der Waals surface area contributed by atoms with Crippen molar-refractivity contribution in [1.82, 2.24) is 14.9 Å². The highest BCUT2D eigenvalue weighted by atomic mass is 32.2. The Morgan fingerprint density at radius 2 is 1.77 bits per heavy atom. The fourth-order valence-electron chi connectivity index (χ4n) is 4.89. The smallest absolute Gasteiger partial charge is 0.356 e. The number of esters is 2. The van der Waals surface area contributed by atoms with E-state index in [0.717, 1.165) is 27.5 Å². The standard InChI is InChI=1S/C30H28N4O8S2/c1-18(36)41-14-21-15-43-28-25(34(40-2)23(37)13-22-16-44-30(32-22)31-17-35)27(38)33(28)24(21)29(39)42-26(19-9-5-3-6-10-19)20-11-7-4-8-12-20/h3-12,16-17,25-26,28H,13-15H2,1-2H3,(H,31,32,35)/t25?,28-/m1/s1. The molecule has 2 aromatic carbocycles. The quantitative estimate of drug-likeness (QED) is 0.136. The SMILES string of the molecule is CON(C(=O)Cc1csc(NC=O)n1)C1C(=O)N2C(C(=O)OC(c3ccccc3)c3ccccc3)=C(COC(C)=O)CS[C@H]12. The summed E-state index contributed by atoms with van der Waals surface area (Å²) < 4.78 is 11.3. The minimum absolute atomic E-state index is 0.0271. The highest BCUT2D eigenvalue weighted by Gasteiger charge is 2.58. The number of benzene rings is 2. The lowest BCUT2D eigenvalue weighted by atomic mass is 10.0. The number of thiazole rings is 1. The van der Waals surface area contributed by atoms with E-state index in [4.69, 9.17) is 14.3 Å². The Morgan fingerprint density at radius 3 is 2.36 bits per heavy atom. The van der Waals surface area contributed by atoms with Crippen LogP contribution < -0.4 is 5.32 Å². The number of thioether (sulfide) groups is 1. The number of nitrogens with one attached hydrogen (secondary N) is 1. The van der Waals surface area contributed by atoms with Crippen LogP contribution in [0.15, 0.2) is 77.3 Å². The summed E-state index contributed by atoms with van der Waals surface area (Å²) in [4.78, 5) is 74.0. The van der Waals surface area contributed by atoms with Gasteiger partial charge in [-0.25, -0.2) is 14.8 Å². The number of nitrogens with zero attached hydrogens (tertiary/aromatic N) is 3. The third-order valence-electron chi connectivity index (χ3n) is 6.85. The maximum atomic E-state index is 13.9. The Bertz CT molecular complexity index is 1540. The van der Waals surface area contributed by atoms with Crippen molar-refractivity contribution in [2.24, 2.45) is 0 Å². The minimum atomic E-state index is -1.03. The van der Waals surface area contributed by atoms with Gasteiger partial charge in [0.25, 0.3) is 11.8 Å². The van der Waals surface area contributed by atoms with Crippen LogP contribution in [0.4, 0.5) is 5.13 Å². The number of amides is 3. The molecule has 0 aliphatic carbocycles. The van der Waals surface area contributed by atoms with Gasteiger partial charge in [-0.1, -0.05) is 60.7 Å². The summed E-state index contributed by atoms with van der Waals surface area (Å²) in [6, 6.07) is 17.4. The molecular weight excluding hydrogens is 608 g/mol. The fourth-order valence-corrected chi connectivity index (χ4v) is 6.92. The first-order chi connectivity index (χ1) is 21.3. The molecule has 14 heteroatoms. The number of carbonyl (C=O) groups is 5. The molecule has 0 radical (unpaired) electrons. The van der Waals surface area contributed by atoms with E-state index in [-0.39, 0.29) is 24.5 Å². The summed E-state index contributed by atoms with van der Waals surface area (Å²) in [5.74, 6) is -2.15. The van der Waals surface area contributed by atoms with Crippen LogP contribution in [0.1, 0.15) is 29.8 Å². The van der Waals surface area contributed by atoms with Crippen LogP contribution in [-0.2, 0) is 44.7 Å². The van der Waals surface area contributed by atoms with Crippen molar-refractivity contribution in [3.05, 3.63) is 94.1 Å². The van der Waals surface area contributed by atoms with Gasteiger partial charge in [-0.2, -0.15) is 0 Å². The largest absolute Gasteiger partial charge is 0.461 e. The molecule has 1 saturated heterocycles. The summed E-state index contributed by atoms with van der Waals surface area (Å²) in [7, 11) is 1.28. The second-order valence-corrected chi connectivity index (χ2v) is 11.6. The van der Waals surface area contributed by atoms with E-state index < -0.39 is 41.3 Å². The molecule has 1 aromatic heterocycles. The molecule has 1 fully saturated rings. The number of fused-ring (bicyclic) bond motifs is 1. The third kappa shape index (κ3) is 6.51. The van der Waals surface area contributed by atoms with Crippen molar-refractivity contribution >= 4 is 58.4 Å². The molecule has 0 saturated carbocycles. The van der Waals surface area contributed by atoms with Gasteiger partial charge in [-0.05, 0) is 11.1 Å². The first-order valence-electron chi connectivity index (χ1n) is 13.4. The first kappa shape index (κ1) is 30.9. The van der Waals surface area contributed by atoms with Crippen LogP contribution in [0.25, 0.3) is 0 Å². The summed E-state index contributed by atoms with van der Waals surface area (Å²) >= 11 is 2.46. The fraction of sp³-hybridized carbons (Fsp3) is 0.267. The molecular formula is C30H28N4O8S2. The molecule has 12 nitrogen and oxygen atoms in total. The third-order valence-corrected chi connectivity index (χ3v) is 9.00. The van der Waals surface area contributed by atoms with Crippen molar-refractivity contribution in [2.75, 3.05) is 24.8 Å². The second-order valence-electron chi connectivity index (χ2n) is 9.68. The Kier molecular flexibility index (Phi) is 9.72. The molecule has 5 rings (SSSR count). The van der Waals surface area contributed by atoms with E-state index in [9.17, 15) is 24.0 Å². The maximum absolute atomic E-state index is 13.9. The van der Waals surface area contributed by atoms with Gasteiger partial charge in [0.1, 0.15) is 17.7 Å². The molecule has 3 heterocycles. The number of anilines is 1. The predicted octanol–water partition coefficient (Wildman–Crippen LogP) is 3.08. The summed E-state index contributed by atoms with van der Waals surface area (Å²) in [5, 5.41) is 4.71. The van der Waals surface area contributed by atoms with E-state index in [1.807, 2.05) is 60.7 Å². The van der Waals surface area contributed by atoms with Crippen LogP contribution in [0.2, 0.25) is 0 Å². The number of hydroxylamine groups is 2. The highest BCUT2D eigenvalue weighted by Crippen LogP contribution is 2.43. The van der Waals surface area contributed by atoms with Crippen LogP contribution in [0, 0.1) is 0 Å². The molecule has 2 atom stereocenters. The number of rotatable bonds is 12. The summed E-state index contributed by atoms with van der Waals surface area (Å²) in [6.07, 6.45) is -0.465. The molecule has 0 bridgehead atoms. The lowest BCUT2D eigenvalue weighted by Gasteiger charge is -2.52. The Balaban J connectivity index is 1.41. The van der Waals surface area contributed by atoms with Crippen molar-refractivity contribution in [3.63, 3.8) is 0 Å².